The zero-order valence-corrected chi connectivity index (χ0v) is 14.9. The van der Waals surface area contributed by atoms with Gasteiger partial charge in [0.05, 0.1) is 12.2 Å². The van der Waals surface area contributed by atoms with Crippen molar-refractivity contribution in [2.24, 2.45) is 5.73 Å². The zero-order chi connectivity index (χ0) is 19.2. The largest absolute Gasteiger partial charge is 0.441 e. The van der Waals surface area contributed by atoms with Crippen molar-refractivity contribution in [1.82, 2.24) is 15.1 Å². The van der Waals surface area contributed by atoms with Crippen molar-refractivity contribution in [3.05, 3.63) is 29.6 Å². The smallest absolute Gasteiger partial charge is 0.287 e. The van der Waals surface area contributed by atoms with Crippen LogP contribution < -0.4 is 16.0 Å². The first kappa shape index (κ1) is 17.0. The highest BCUT2D eigenvalue weighted by molar-refractivity contribution is 6.02. The van der Waals surface area contributed by atoms with E-state index in [0.29, 0.717) is 40.5 Å². The third-order valence-corrected chi connectivity index (χ3v) is 4.60. The van der Waals surface area contributed by atoms with Crippen molar-refractivity contribution in [3.63, 3.8) is 0 Å². The molecule has 4 rings (SSSR count). The monoisotopic (exact) mass is 370 g/mol. The maximum absolute atomic E-state index is 11.8. The fraction of sp³-hybridized carbons (Fsp3) is 0.353. The van der Waals surface area contributed by atoms with Gasteiger partial charge in [-0.2, -0.15) is 0 Å². The first-order valence-electron chi connectivity index (χ1n) is 8.40. The molecule has 1 aliphatic rings. The van der Waals surface area contributed by atoms with Gasteiger partial charge < -0.3 is 24.9 Å². The molecule has 1 fully saturated rings. The second-order valence-electron chi connectivity index (χ2n) is 6.88. The third kappa shape index (κ3) is 3.09. The van der Waals surface area contributed by atoms with Gasteiger partial charge in [-0.1, -0.05) is 5.16 Å². The highest BCUT2D eigenvalue weighted by atomic mass is 16.5. The molecule has 0 aliphatic heterocycles. The first-order chi connectivity index (χ1) is 12.9. The number of anilines is 2. The summed E-state index contributed by atoms with van der Waals surface area (Å²) >= 11 is 0. The molecule has 3 aromatic heterocycles. The molecule has 10 heteroatoms. The quantitative estimate of drug-likeness (QED) is 0.599. The number of carbonyl (C=O) groups excluding carboxylic acids is 2. The first-order valence-corrected chi connectivity index (χ1v) is 8.40. The molecule has 0 radical (unpaired) electrons. The van der Waals surface area contributed by atoms with Crippen LogP contribution in [0.5, 0.6) is 0 Å². The topological polar surface area (TPSA) is 140 Å². The van der Waals surface area contributed by atoms with E-state index >= 15 is 0 Å². The number of hydrogen-bond acceptors (Lipinski definition) is 8. The van der Waals surface area contributed by atoms with Crippen LogP contribution in [0.4, 0.5) is 11.5 Å². The van der Waals surface area contributed by atoms with Gasteiger partial charge in [0.2, 0.25) is 17.9 Å². The maximum atomic E-state index is 11.8. The summed E-state index contributed by atoms with van der Waals surface area (Å²) in [5.74, 6) is 0.322. The molecular formula is C17H18N6O4. The number of hydrogen-bond donors (Lipinski definition) is 2. The third-order valence-electron chi connectivity index (χ3n) is 4.60. The molecule has 0 spiro atoms. The molecule has 10 nitrogen and oxygen atoms in total. The van der Waals surface area contributed by atoms with Crippen LogP contribution in [0.1, 0.15) is 41.8 Å². The van der Waals surface area contributed by atoms with Gasteiger partial charge in [0.25, 0.3) is 5.91 Å². The van der Waals surface area contributed by atoms with Crippen molar-refractivity contribution >= 4 is 34.9 Å². The molecule has 2 amide bonds. The molecule has 3 N–H and O–H groups in total. The Hall–Kier alpha value is -3.43. The van der Waals surface area contributed by atoms with Crippen molar-refractivity contribution in [2.75, 3.05) is 10.2 Å². The van der Waals surface area contributed by atoms with Crippen LogP contribution >= 0.6 is 0 Å². The number of nitrogens with two attached hydrogens (primary N) is 1. The minimum Gasteiger partial charge on any atom is -0.441 e. The molecule has 1 saturated carbocycles. The van der Waals surface area contributed by atoms with Crippen LogP contribution in [0, 0.1) is 6.92 Å². The van der Waals surface area contributed by atoms with E-state index in [9.17, 15) is 9.59 Å². The standard InChI is InChI=1S/C17H18N6O4/c1-9-13(23(8-24)6-10-5-11(14(18)25)27-22-10)12-15(21-17(2)3-4-17)19-7-20-16(12)26-9/h5,7-8H,3-4,6H2,1-2H3,(H2,18,25)(H,19,20,21). The molecule has 27 heavy (non-hydrogen) atoms. The van der Waals surface area contributed by atoms with Crippen molar-refractivity contribution < 1.29 is 18.5 Å². The number of amides is 2. The van der Waals surface area contributed by atoms with E-state index in [-0.39, 0.29) is 17.8 Å². The number of aromatic nitrogens is 3. The predicted molar refractivity (Wildman–Crippen MR) is 95.1 cm³/mol. The fourth-order valence-corrected chi connectivity index (χ4v) is 2.91. The Morgan fingerprint density at radius 2 is 2.22 bits per heavy atom. The second kappa shape index (κ2) is 6.08. The normalized spacial score (nSPS) is 14.9. The summed E-state index contributed by atoms with van der Waals surface area (Å²) in [6.45, 7) is 3.92. The minimum atomic E-state index is -0.728. The van der Waals surface area contributed by atoms with Crippen LogP contribution in [0.3, 0.4) is 0 Å². The van der Waals surface area contributed by atoms with E-state index < -0.39 is 5.91 Å². The van der Waals surface area contributed by atoms with Crippen LogP contribution in [0.25, 0.3) is 11.1 Å². The summed E-state index contributed by atoms with van der Waals surface area (Å²) in [6, 6.07) is 1.40. The lowest BCUT2D eigenvalue weighted by Crippen LogP contribution is -2.22. The fourth-order valence-electron chi connectivity index (χ4n) is 2.91. The average molecular weight is 370 g/mol. The van der Waals surface area contributed by atoms with E-state index in [4.69, 9.17) is 14.7 Å². The number of nitrogens with one attached hydrogen (secondary N) is 1. The molecule has 1 aliphatic carbocycles. The molecule has 0 bridgehead atoms. The summed E-state index contributed by atoms with van der Waals surface area (Å²) in [5, 5.41) is 7.80. The van der Waals surface area contributed by atoms with Crippen molar-refractivity contribution in [3.8, 4) is 0 Å². The zero-order valence-electron chi connectivity index (χ0n) is 14.9. The molecule has 0 aromatic carbocycles. The molecule has 3 heterocycles. The van der Waals surface area contributed by atoms with E-state index in [1.807, 2.05) is 0 Å². The Labute approximate surface area is 153 Å². The Morgan fingerprint density at radius 1 is 1.44 bits per heavy atom. The van der Waals surface area contributed by atoms with Crippen LogP contribution in [-0.2, 0) is 11.3 Å². The molecular weight excluding hydrogens is 352 g/mol. The Bertz CT molecular complexity index is 1040. The van der Waals surface area contributed by atoms with Gasteiger partial charge in [-0.05, 0) is 26.7 Å². The minimum absolute atomic E-state index is 0.0156. The summed E-state index contributed by atoms with van der Waals surface area (Å²) in [7, 11) is 0. The average Bonchev–Trinajstić information content (AvgIpc) is 3.05. The van der Waals surface area contributed by atoms with Gasteiger partial charge in [-0.3, -0.25) is 9.59 Å². The van der Waals surface area contributed by atoms with Gasteiger partial charge in [0, 0.05) is 11.6 Å². The Balaban J connectivity index is 1.74. The number of primary amides is 1. The number of aryl methyl sites for hydroxylation is 1. The maximum Gasteiger partial charge on any atom is 0.287 e. The van der Waals surface area contributed by atoms with E-state index in [0.717, 1.165) is 12.8 Å². The van der Waals surface area contributed by atoms with E-state index in [1.54, 1.807) is 6.92 Å². The van der Waals surface area contributed by atoms with Crippen molar-refractivity contribution in [2.45, 2.75) is 38.8 Å². The van der Waals surface area contributed by atoms with Gasteiger partial charge in [-0.15, -0.1) is 0 Å². The Kier molecular flexibility index (Phi) is 3.83. The highest BCUT2D eigenvalue weighted by Crippen LogP contribution is 2.42. The molecule has 140 valence electrons. The summed E-state index contributed by atoms with van der Waals surface area (Å²) < 4.78 is 10.6. The number of furan rings is 1. The van der Waals surface area contributed by atoms with Crippen LogP contribution in [-0.4, -0.2) is 33.0 Å². The SMILES string of the molecule is Cc1oc2ncnc(NC3(C)CC3)c2c1N(C=O)Cc1cc(C(N)=O)on1. The second-order valence-corrected chi connectivity index (χ2v) is 6.88. The number of carbonyl (C=O) groups is 2. The lowest BCUT2D eigenvalue weighted by molar-refractivity contribution is -0.107. The van der Waals surface area contributed by atoms with Crippen molar-refractivity contribution in [1.29, 1.82) is 0 Å². The van der Waals surface area contributed by atoms with Crippen LogP contribution in [0.15, 0.2) is 21.3 Å². The van der Waals surface area contributed by atoms with Gasteiger partial charge in [-0.25, -0.2) is 9.97 Å². The summed E-state index contributed by atoms with van der Waals surface area (Å²) in [5.41, 5.74) is 6.46. The number of fused-ring (bicyclic) bond motifs is 1. The van der Waals surface area contributed by atoms with Gasteiger partial charge >= 0.3 is 0 Å². The molecule has 3 aromatic rings. The molecule has 0 unspecified atom stereocenters. The van der Waals surface area contributed by atoms with Gasteiger partial charge in [0.1, 0.15) is 29.0 Å². The summed E-state index contributed by atoms with van der Waals surface area (Å²) in [4.78, 5) is 32.9. The molecule has 0 atom stereocenters. The number of rotatable bonds is 7. The predicted octanol–water partition coefficient (Wildman–Crippen LogP) is 1.75. The highest BCUT2D eigenvalue weighted by Gasteiger charge is 2.38. The molecule has 0 saturated heterocycles. The Morgan fingerprint density at radius 3 is 2.85 bits per heavy atom. The summed E-state index contributed by atoms with van der Waals surface area (Å²) in [6.07, 6.45) is 4.16. The van der Waals surface area contributed by atoms with E-state index in [2.05, 4.69) is 27.4 Å². The lowest BCUT2D eigenvalue weighted by Gasteiger charge is -2.18. The van der Waals surface area contributed by atoms with E-state index in [1.165, 1.54) is 17.3 Å². The number of nitrogens with zero attached hydrogens (tertiary/aromatic N) is 4. The van der Waals surface area contributed by atoms with Gasteiger partial charge in [0.15, 0.2) is 0 Å². The lowest BCUT2D eigenvalue weighted by atomic mass is 10.2. The van der Waals surface area contributed by atoms with Crippen LogP contribution in [0.2, 0.25) is 0 Å².